The van der Waals surface area contributed by atoms with Crippen molar-refractivity contribution in [3.63, 3.8) is 0 Å². The average Bonchev–Trinajstić information content (AvgIpc) is 3.33. The molecular weight excluding hydrogens is 334 g/mol. The zero-order valence-electron chi connectivity index (χ0n) is 15.0. The van der Waals surface area contributed by atoms with Crippen LogP contribution in [-0.4, -0.2) is 60.4 Å². The highest BCUT2D eigenvalue weighted by Crippen LogP contribution is 2.42. The number of aromatic nitrogens is 3. The van der Waals surface area contributed by atoms with Crippen molar-refractivity contribution in [1.82, 2.24) is 19.9 Å². The Morgan fingerprint density at radius 1 is 1.50 bits per heavy atom. The van der Waals surface area contributed by atoms with Gasteiger partial charge in [0.2, 0.25) is 5.88 Å². The van der Waals surface area contributed by atoms with E-state index in [2.05, 4.69) is 20.2 Å². The largest absolute Gasteiger partial charge is 0.481 e. The molecule has 0 saturated carbocycles. The van der Waals surface area contributed by atoms with Gasteiger partial charge in [-0.25, -0.2) is 9.97 Å². The molecule has 1 N–H and O–H groups in total. The number of amides is 1. The molecule has 2 aliphatic heterocycles. The van der Waals surface area contributed by atoms with E-state index in [1.54, 1.807) is 7.11 Å². The van der Waals surface area contributed by atoms with E-state index in [9.17, 15) is 4.79 Å². The Morgan fingerprint density at radius 3 is 3.15 bits per heavy atom. The summed E-state index contributed by atoms with van der Waals surface area (Å²) in [5, 5.41) is 3.10. The Morgan fingerprint density at radius 2 is 2.38 bits per heavy atom. The number of ether oxygens (including phenoxy) is 2. The summed E-state index contributed by atoms with van der Waals surface area (Å²) in [6.07, 6.45) is 3.39. The molecule has 2 aromatic rings. The van der Waals surface area contributed by atoms with Gasteiger partial charge in [0.05, 0.1) is 20.3 Å². The highest BCUT2D eigenvalue weighted by molar-refractivity contribution is 5.92. The van der Waals surface area contributed by atoms with Crippen LogP contribution in [0.3, 0.4) is 0 Å². The quantitative estimate of drug-likeness (QED) is 0.849. The van der Waals surface area contributed by atoms with Crippen LogP contribution in [0, 0.1) is 11.3 Å². The van der Waals surface area contributed by atoms with Gasteiger partial charge in [0.15, 0.2) is 0 Å². The fourth-order valence-electron chi connectivity index (χ4n) is 3.92. The van der Waals surface area contributed by atoms with Crippen LogP contribution in [-0.2, 0) is 11.8 Å². The molecule has 26 heavy (non-hydrogen) atoms. The molecule has 2 atom stereocenters. The minimum Gasteiger partial charge on any atom is -0.481 e. The number of nitrogens with one attached hydrogen (secondary N) is 1. The van der Waals surface area contributed by atoms with E-state index in [1.807, 2.05) is 36.0 Å². The normalized spacial score (nSPS) is 24.5. The van der Waals surface area contributed by atoms with Gasteiger partial charge in [0, 0.05) is 50.3 Å². The number of carbonyl (C=O) groups excluding carboxylic acids is 1. The van der Waals surface area contributed by atoms with E-state index in [4.69, 9.17) is 9.47 Å². The predicted octanol–water partition coefficient (Wildman–Crippen LogP) is 0.706. The summed E-state index contributed by atoms with van der Waals surface area (Å²) in [6.45, 7) is 3.56. The number of fused-ring (bicyclic) bond motifs is 1. The standard InChI is InChI=1S/C18H23N5O3/c1-22-5-3-4-14(22)17(24)19-9-18-10-23(7-13(18)8-26-11-18)15-6-16(25-2)21-12-20-15/h3-6,12-13H,7-11H2,1-2H3,(H,19,24)/t13-,18+/m1/s1. The summed E-state index contributed by atoms with van der Waals surface area (Å²) in [7, 11) is 3.47. The second-order valence-electron chi connectivity index (χ2n) is 7.06. The molecule has 0 aliphatic carbocycles. The van der Waals surface area contributed by atoms with Crippen molar-refractivity contribution in [2.24, 2.45) is 18.4 Å². The van der Waals surface area contributed by atoms with E-state index in [1.165, 1.54) is 6.33 Å². The van der Waals surface area contributed by atoms with Crippen LogP contribution >= 0.6 is 0 Å². The summed E-state index contributed by atoms with van der Waals surface area (Å²) >= 11 is 0. The lowest BCUT2D eigenvalue weighted by Gasteiger charge is -2.27. The molecule has 0 radical (unpaired) electrons. The second kappa shape index (κ2) is 6.60. The molecule has 2 fully saturated rings. The second-order valence-corrected chi connectivity index (χ2v) is 7.06. The lowest BCUT2D eigenvalue weighted by atomic mass is 9.81. The first-order valence-corrected chi connectivity index (χ1v) is 8.69. The van der Waals surface area contributed by atoms with Crippen LogP contribution in [0.5, 0.6) is 5.88 Å². The van der Waals surface area contributed by atoms with Crippen molar-refractivity contribution < 1.29 is 14.3 Å². The van der Waals surface area contributed by atoms with Crippen molar-refractivity contribution in [2.45, 2.75) is 0 Å². The molecule has 8 nitrogen and oxygen atoms in total. The Kier molecular flexibility index (Phi) is 4.28. The molecule has 0 bridgehead atoms. The van der Waals surface area contributed by atoms with Gasteiger partial charge in [-0.1, -0.05) is 0 Å². The van der Waals surface area contributed by atoms with E-state index in [0.29, 0.717) is 37.3 Å². The van der Waals surface area contributed by atoms with E-state index >= 15 is 0 Å². The van der Waals surface area contributed by atoms with Crippen molar-refractivity contribution in [3.8, 4) is 5.88 Å². The number of aryl methyl sites for hydroxylation is 1. The number of methoxy groups -OCH3 is 1. The number of hydrogen-bond acceptors (Lipinski definition) is 6. The third kappa shape index (κ3) is 2.90. The number of nitrogens with zero attached hydrogens (tertiary/aromatic N) is 4. The van der Waals surface area contributed by atoms with Crippen LogP contribution in [0.2, 0.25) is 0 Å². The molecule has 0 spiro atoms. The monoisotopic (exact) mass is 357 g/mol. The number of hydrogen-bond donors (Lipinski definition) is 1. The fraction of sp³-hybridized carbons (Fsp3) is 0.500. The van der Waals surface area contributed by atoms with Crippen LogP contribution in [0.4, 0.5) is 5.82 Å². The lowest BCUT2D eigenvalue weighted by Crippen LogP contribution is -2.43. The van der Waals surface area contributed by atoms with Crippen molar-refractivity contribution in [3.05, 3.63) is 36.4 Å². The van der Waals surface area contributed by atoms with E-state index in [0.717, 1.165) is 18.9 Å². The Hall–Kier alpha value is -2.61. The fourth-order valence-corrected chi connectivity index (χ4v) is 3.92. The third-order valence-corrected chi connectivity index (χ3v) is 5.46. The summed E-state index contributed by atoms with van der Waals surface area (Å²) in [5.41, 5.74) is 0.561. The van der Waals surface area contributed by atoms with Gasteiger partial charge < -0.3 is 24.3 Å². The first-order chi connectivity index (χ1) is 12.6. The zero-order valence-corrected chi connectivity index (χ0v) is 15.0. The van der Waals surface area contributed by atoms with Gasteiger partial charge in [-0.3, -0.25) is 4.79 Å². The van der Waals surface area contributed by atoms with Crippen LogP contribution in [0.15, 0.2) is 30.7 Å². The first kappa shape index (κ1) is 16.8. The highest BCUT2D eigenvalue weighted by atomic mass is 16.5. The maximum absolute atomic E-state index is 12.5. The molecule has 4 heterocycles. The van der Waals surface area contributed by atoms with Crippen molar-refractivity contribution in [2.75, 3.05) is 44.9 Å². The van der Waals surface area contributed by atoms with Crippen LogP contribution < -0.4 is 15.0 Å². The number of anilines is 1. The number of rotatable bonds is 5. The summed E-state index contributed by atoms with van der Waals surface area (Å²) in [6, 6.07) is 5.54. The summed E-state index contributed by atoms with van der Waals surface area (Å²) in [5.74, 6) is 1.70. The predicted molar refractivity (Wildman–Crippen MR) is 95.3 cm³/mol. The molecule has 8 heteroatoms. The molecule has 0 aromatic carbocycles. The van der Waals surface area contributed by atoms with E-state index in [-0.39, 0.29) is 11.3 Å². The Balaban J connectivity index is 1.48. The number of carbonyl (C=O) groups is 1. The molecule has 0 unspecified atom stereocenters. The van der Waals surface area contributed by atoms with Gasteiger partial charge >= 0.3 is 0 Å². The molecule has 4 rings (SSSR count). The topological polar surface area (TPSA) is 81.5 Å². The minimum atomic E-state index is -0.0982. The zero-order chi connectivity index (χ0) is 18.1. The molecule has 2 aromatic heterocycles. The molecular formula is C18H23N5O3. The molecule has 2 aliphatic rings. The van der Waals surface area contributed by atoms with Gasteiger partial charge in [-0.15, -0.1) is 0 Å². The SMILES string of the molecule is COc1cc(N2C[C@@H]3COC[C@]3(CNC(=O)c3cccn3C)C2)ncn1. The smallest absolute Gasteiger partial charge is 0.267 e. The summed E-state index contributed by atoms with van der Waals surface area (Å²) in [4.78, 5) is 23.2. The molecule has 138 valence electrons. The van der Waals surface area contributed by atoms with Gasteiger partial charge in [-0.05, 0) is 12.1 Å². The summed E-state index contributed by atoms with van der Waals surface area (Å²) < 4.78 is 12.8. The molecule has 1 amide bonds. The highest BCUT2D eigenvalue weighted by Gasteiger charge is 2.51. The first-order valence-electron chi connectivity index (χ1n) is 8.69. The lowest BCUT2D eigenvalue weighted by molar-refractivity contribution is 0.0912. The van der Waals surface area contributed by atoms with Gasteiger partial charge in [0.25, 0.3) is 5.91 Å². The molecule has 2 saturated heterocycles. The van der Waals surface area contributed by atoms with Gasteiger partial charge in [-0.2, -0.15) is 0 Å². The minimum absolute atomic E-state index is 0.0559. The van der Waals surface area contributed by atoms with E-state index < -0.39 is 0 Å². The third-order valence-electron chi connectivity index (χ3n) is 5.46. The maximum atomic E-state index is 12.5. The van der Waals surface area contributed by atoms with Gasteiger partial charge in [0.1, 0.15) is 17.8 Å². The van der Waals surface area contributed by atoms with Crippen molar-refractivity contribution in [1.29, 1.82) is 0 Å². The average molecular weight is 357 g/mol. The maximum Gasteiger partial charge on any atom is 0.267 e. The van der Waals surface area contributed by atoms with Crippen LogP contribution in [0.25, 0.3) is 0 Å². The Bertz CT molecular complexity index is 808. The van der Waals surface area contributed by atoms with Crippen LogP contribution in [0.1, 0.15) is 10.5 Å². The Labute approximate surface area is 152 Å². The van der Waals surface area contributed by atoms with Crippen molar-refractivity contribution >= 4 is 11.7 Å².